The molecule has 0 amide bonds. The molecule has 0 atom stereocenters. The van der Waals surface area contributed by atoms with Crippen LogP contribution in [-0.2, 0) is 6.42 Å². The number of hydrogen-bond acceptors (Lipinski definition) is 4. The molecule has 0 unspecified atom stereocenters. The maximum atomic E-state index is 8.93. The standard InChI is InChI=1S/C14H13N3O/c15-8-7-11-3-5-13(6-4-11)18-14-12(10-16)2-1-9-17-14/h1-6,9H,7-8,15H2. The van der Waals surface area contributed by atoms with Crippen molar-refractivity contribution in [2.75, 3.05) is 6.54 Å². The van der Waals surface area contributed by atoms with Crippen LogP contribution < -0.4 is 10.5 Å². The van der Waals surface area contributed by atoms with E-state index < -0.39 is 0 Å². The number of benzene rings is 1. The van der Waals surface area contributed by atoms with E-state index in [-0.39, 0.29) is 0 Å². The molecule has 0 aliphatic heterocycles. The van der Waals surface area contributed by atoms with Gasteiger partial charge in [-0.15, -0.1) is 0 Å². The lowest BCUT2D eigenvalue weighted by Crippen LogP contribution is -2.02. The molecule has 0 saturated carbocycles. The highest BCUT2D eigenvalue weighted by Gasteiger charge is 2.04. The van der Waals surface area contributed by atoms with E-state index >= 15 is 0 Å². The van der Waals surface area contributed by atoms with E-state index in [9.17, 15) is 0 Å². The van der Waals surface area contributed by atoms with Crippen molar-refractivity contribution in [2.24, 2.45) is 5.73 Å². The van der Waals surface area contributed by atoms with Crippen LogP contribution in [0.3, 0.4) is 0 Å². The van der Waals surface area contributed by atoms with Gasteiger partial charge >= 0.3 is 0 Å². The van der Waals surface area contributed by atoms with Gasteiger partial charge in [-0.25, -0.2) is 4.98 Å². The van der Waals surface area contributed by atoms with Gasteiger partial charge in [0, 0.05) is 6.20 Å². The highest BCUT2D eigenvalue weighted by Crippen LogP contribution is 2.22. The Balaban J connectivity index is 2.16. The van der Waals surface area contributed by atoms with Gasteiger partial charge < -0.3 is 10.5 Å². The molecule has 90 valence electrons. The summed E-state index contributed by atoms with van der Waals surface area (Å²) in [5, 5.41) is 8.93. The van der Waals surface area contributed by atoms with Crippen molar-refractivity contribution in [3.05, 3.63) is 53.7 Å². The first-order valence-electron chi connectivity index (χ1n) is 5.65. The summed E-state index contributed by atoms with van der Waals surface area (Å²) in [6.45, 7) is 0.624. The maximum absolute atomic E-state index is 8.93. The summed E-state index contributed by atoms with van der Waals surface area (Å²) < 4.78 is 5.57. The normalized spacial score (nSPS) is 9.78. The number of nitrogens with two attached hydrogens (primary N) is 1. The van der Waals surface area contributed by atoms with E-state index in [1.165, 1.54) is 0 Å². The maximum Gasteiger partial charge on any atom is 0.237 e. The Kier molecular flexibility index (Phi) is 3.90. The van der Waals surface area contributed by atoms with Gasteiger partial charge in [-0.05, 0) is 42.8 Å². The van der Waals surface area contributed by atoms with Gasteiger partial charge in [-0.3, -0.25) is 0 Å². The monoisotopic (exact) mass is 239 g/mol. The van der Waals surface area contributed by atoms with Crippen molar-refractivity contribution in [2.45, 2.75) is 6.42 Å². The van der Waals surface area contributed by atoms with Crippen LogP contribution in [0.15, 0.2) is 42.6 Å². The summed E-state index contributed by atoms with van der Waals surface area (Å²) in [5.41, 5.74) is 7.06. The van der Waals surface area contributed by atoms with Crippen LogP contribution in [0.5, 0.6) is 11.6 Å². The molecule has 0 bridgehead atoms. The molecule has 1 aromatic heterocycles. The Morgan fingerprint density at radius 1 is 1.22 bits per heavy atom. The molecule has 4 heteroatoms. The molecule has 0 spiro atoms. The average Bonchev–Trinajstić information content (AvgIpc) is 2.42. The van der Waals surface area contributed by atoms with Gasteiger partial charge in [0.15, 0.2) is 0 Å². The van der Waals surface area contributed by atoms with Crippen LogP contribution in [0.25, 0.3) is 0 Å². The summed E-state index contributed by atoms with van der Waals surface area (Å²) >= 11 is 0. The SMILES string of the molecule is N#Cc1cccnc1Oc1ccc(CCN)cc1. The lowest BCUT2D eigenvalue weighted by atomic mass is 10.1. The highest BCUT2D eigenvalue weighted by atomic mass is 16.5. The van der Waals surface area contributed by atoms with Crippen molar-refractivity contribution in [3.63, 3.8) is 0 Å². The third kappa shape index (κ3) is 2.84. The average molecular weight is 239 g/mol. The lowest BCUT2D eigenvalue weighted by Gasteiger charge is -2.06. The first-order chi connectivity index (χ1) is 8.83. The van der Waals surface area contributed by atoms with E-state index in [4.69, 9.17) is 15.7 Å². The van der Waals surface area contributed by atoms with Crippen LogP contribution in [0.4, 0.5) is 0 Å². The number of aromatic nitrogens is 1. The molecule has 0 radical (unpaired) electrons. The number of rotatable bonds is 4. The van der Waals surface area contributed by atoms with E-state index in [1.807, 2.05) is 30.3 Å². The molecule has 2 N–H and O–H groups in total. The first-order valence-corrected chi connectivity index (χ1v) is 5.65. The van der Waals surface area contributed by atoms with Crippen molar-refractivity contribution < 1.29 is 4.74 Å². The predicted octanol–water partition coefficient (Wildman–Crippen LogP) is 2.25. The molecule has 4 nitrogen and oxygen atoms in total. The summed E-state index contributed by atoms with van der Waals surface area (Å²) in [6.07, 6.45) is 2.44. The second-order valence-electron chi connectivity index (χ2n) is 3.75. The zero-order chi connectivity index (χ0) is 12.8. The fourth-order valence-corrected chi connectivity index (χ4v) is 1.56. The Morgan fingerprint density at radius 3 is 2.67 bits per heavy atom. The molecule has 2 aromatic rings. The second-order valence-corrected chi connectivity index (χ2v) is 3.75. The molecular weight excluding hydrogens is 226 g/mol. The number of nitriles is 1. The topological polar surface area (TPSA) is 71.9 Å². The quantitative estimate of drug-likeness (QED) is 0.888. The third-order valence-corrected chi connectivity index (χ3v) is 2.46. The van der Waals surface area contributed by atoms with E-state index in [2.05, 4.69) is 4.98 Å². The van der Waals surface area contributed by atoms with Crippen molar-refractivity contribution >= 4 is 0 Å². The molecule has 0 aliphatic carbocycles. The smallest absolute Gasteiger partial charge is 0.237 e. The lowest BCUT2D eigenvalue weighted by molar-refractivity contribution is 0.461. The Hall–Kier alpha value is -2.38. The minimum absolute atomic E-state index is 0.326. The van der Waals surface area contributed by atoms with Gasteiger partial charge in [0.1, 0.15) is 17.4 Å². The van der Waals surface area contributed by atoms with E-state index in [0.717, 1.165) is 12.0 Å². The van der Waals surface area contributed by atoms with Crippen molar-refractivity contribution in [3.8, 4) is 17.7 Å². The predicted molar refractivity (Wildman–Crippen MR) is 68.2 cm³/mol. The summed E-state index contributed by atoms with van der Waals surface area (Å²) in [7, 11) is 0. The fraction of sp³-hybridized carbons (Fsp3) is 0.143. The number of hydrogen-bond donors (Lipinski definition) is 1. The molecule has 0 aliphatic rings. The van der Waals surface area contributed by atoms with Crippen LogP contribution in [0, 0.1) is 11.3 Å². The molecule has 0 saturated heterocycles. The van der Waals surface area contributed by atoms with E-state index in [1.54, 1.807) is 18.3 Å². The second kappa shape index (κ2) is 5.80. The van der Waals surface area contributed by atoms with Gasteiger partial charge in [-0.2, -0.15) is 5.26 Å². The van der Waals surface area contributed by atoms with Crippen molar-refractivity contribution in [1.29, 1.82) is 5.26 Å². The molecule has 0 fully saturated rings. The minimum atomic E-state index is 0.326. The Morgan fingerprint density at radius 2 is 2.00 bits per heavy atom. The molecule has 1 heterocycles. The minimum Gasteiger partial charge on any atom is -0.438 e. The van der Waals surface area contributed by atoms with Crippen molar-refractivity contribution in [1.82, 2.24) is 4.98 Å². The first kappa shape index (κ1) is 12.1. The van der Waals surface area contributed by atoms with Crippen LogP contribution in [0.2, 0.25) is 0 Å². The summed E-state index contributed by atoms with van der Waals surface area (Å²) in [5.74, 6) is 0.984. The van der Waals surface area contributed by atoms with Crippen LogP contribution in [0.1, 0.15) is 11.1 Å². The number of nitrogens with zero attached hydrogens (tertiary/aromatic N) is 2. The Bertz CT molecular complexity index is 558. The third-order valence-electron chi connectivity index (χ3n) is 2.46. The largest absolute Gasteiger partial charge is 0.438 e. The summed E-state index contributed by atoms with van der Waals surface area (Å²) in [4.78, 5) is 4.04. The van der Waals surface area contributed by atoms with Gasteiger partial charge in [-0.1, -0.05) is 12.1 Å². The molecule has 2 rings (SSSR count). The molecule has 18 heavy (non-hydrogen) atoms. The zero-order valence-corrected chi connectivity index (χ0v) is 9.84. The Labute approximate surface area is 106 Å². The van der Waals surface area contributed by atoms with Gasteiger partial charge in [0.2, 0.25) is 5.88 Å². The van der Waals surface area contributed by atoms with Crippen LogP contribution >= 0.6 is 0 Å². The molecular formula is C14H13N3O. The van der Waals surface area contributed by atoms with Gasteiger partial charge in [0.05, 0.1) is 0 Å². The van der Waals surface area contributed by atoms with E-state index in [0.29, 0.717) is 23.7 Å². The zero-order valence-electron chi connectivity index (χ0n) is 9.84. The number of ether oxygens (including phenoxy) is 1. The molecule has 1 aromatic carbocycles. The number of pyridine rings is 1. The van der Waals surface area contributed by atoms with Crippen LogP contribution in [-0.4, -0.2) is 11.5 Å². The fourth-order valence-electron chi connectivity index (χ4n) is 1.56. The summed E-state index contributed by atoms with van der Waals surface area (Å²) in [6, 6.07) is 13.0. The van der Waals surface area contributed by atoms with Gasteiger partial charge in [0.25, 0.3) is 0 Å². The highest BCUT2D eigenvalue weighted by molar-refractivity contribution is 5.40.